The minimum atomic E-state index is -0.0251. The zero-order valence-electron chi connectivity index (χ0n) is 17.5. The standard InChI is InChI=1S/C26H27NO3/c1-29-22-16-14-21(15-17-22)27-25(20-11-7-12-23(18-20)30-2)24(26(27)28)13-6-10-19-8-4-3-5-9-19/h3-5,7-9,11-12,14-18,24-25H,6,10,13H2,1-2H3/t24-,25+/m1/s1. The van der Waals surface area contributed by atoms with Crippen molar-refractivity contribution in [1.29, 1.82) is 0 Å². The van der Waals surface area contributed by atoms with Gasteiger partial charge < -0.3 is 14.4 Å². The van der Waals surface area contributed by atoms with Gasteiger partial charge in [-0.25, -0.2) is 0 Å². The first-order chi connectivity index (χ1) is 14.7. The first-order valence-corrected chi connectivity index (χ1v) is 10.4. The topological polar surface area (TPSA) is 38.8 Å². The number of nitrogens with zero attached hydrogens (tertiary/aromatic N) is 1. The van der Waals surface area contributed by atoms with Crippen molar-refractivity contribution in [1.82, 2.24) is 0 Å². The Labute approximate surface area is 178 Å². The van der Waals surface area contributed by atoms with Crippen LogP contribution in [0.1, 0.15) is 30.0 Å². The number of carbonyl (C=O) groups excluding carboxylic acids is 1. The summed E-state index contributed by atoms with van der Waals surface area (Å²) in [5, 5.41) is 0. The number of rotatable bonds is 8. The van der Waals surface area contributed by atoms with Crippen molar-refractivity contribution in [2.45, 2.75) is 25.3 Å². The Hall–Kier alpha value is -3.27. The number of β-lactam (4-membered cyclic amide) rings is 1. The molecule has 4 heteroatoms. The molecule has 30 heavy (non-hydrogen) atoms. The Morgan fingerprint density at radius 2 is 1.57 bits per heavy atom. The third-order valence-electron chi connectivity index (χ3n) is 5.82. The van der Waals surface area contributed by atoms with Crippen LogP contribution in [0.2, 0.25) is 0 Å². The van der Waals surface area contributed by atoms with E-state index in [1.54, 1.807) is 14.2 Å². The van der Waals surface area contributed by atoms with Gasteiger partial charge in [0, 0.05) is 5.69 Å². The Morgan fingerprint density at radius 3 is 2.27 bits per heavy atom. The highest BCUT2D eigenvalue weighted by Gasteiger charge is 2.48. The Morgan fingerprint density at radius 1 is 0.833 bits per heavy atom. The van der Waals surface area contributed by atoms with Gasteiger partial charge in [0.05, 0.1) is 26.2 Å². The normalized spacial score (nSPS) is 18.1. The molecule has 0 aliphatic carbocycles. The lowest BCUT2D eigenvalue weighted by Gasteiger charge is -2.47. The van der Waals surface area contributed by atoms with Crippen LogP contribution in [0, 0.1) is 5.92 Å². The third-order valence-corrected chi connectivity index (χ3v) is 5.82. The van der Waals surface area contributed by atoms with Gasteiger partial charge in [0.15, 0.2) is 0 Å². The summed E-state index contributed by atoms with van der Waals surface area (Å²) in [6.45, 7) is 0. The van der Waals surface area contributed by atoms with Crippen molar-refractivity contribution in [3.8, 4) is 11.5 Å². The van der Waals surface area contributed by atoms with Gasteiger partial charge in [-0.3, -0.25) is 4.79 Å². The first-order valence-electron chi connectivity index (χ1n) is 10.4. The number of benzene rings is 3. The number of methoxy groups -OCH3 is 2. The lowest BCUT2D eigenvalue weighted by Crippen LogP contribution is -2.55. The molecule has 0 N–H and O–H groups in total. The molecule has 1 amide bonds. The fourth-order valence-corrected chi connectivity index (χ4v) is 4.24. The number of ether oxygens (including phenoxy) is 2. The molecule has 0 bridgehead atoms. The van der Waals surface area contributed by atoms with Crippen LogP contribution >= 0.6 is 0 Å². The summed E-state index contributed by atoms with van der Waals surface area (Å²) in [5.41, 5.74) is 3.32. The molecule has 0 radical (unpaired) electrons. The quantitative estimate of drug-likeness (QED) is 0.472. The number of amides is 1. The summed E-state index contributed by atoms with van der Waals surface area (Å²) in [6, 6.07) is 26.2. The lowest BCUT2D eigenvalue weighted by atomic mass is 9.78. The summed E-state index contributed by atoms with van der Waals surface area (Å²) >= 11 is 0. The van der Waals surface area contributed by atoms with Crippen molar-refractivity contribution in [2.24, 2.45) is 5.92 Å². The fourth-order valence-electron chi connectivity index (χ4n) is 4.24. The van der Waals surface area contributed by atoms with Crippen molar-refractivity contribution in [2.75, 3.05) is 19.1 Å². The number of hydrogen-bond donors (Lipinski definition) is 0. The van der Waals surface area contributed by atoms with E-state index in [1.165, 1.54) is 5.56 Å². The number of hydrogen-bond acceptors (Lipinski definition) is 3. The largest absolute Gasteiger partial charge is 0.497 e. The van der Waals surface area contributed by atoms with Crippen LogP contribution in [0.25, 0.3) is 0 Å². The van der Waals surface area contributed by atoms with Crippen molar-refractivity contribution in [3.63, 3.8) is 0 Å². The Kier molecular flexibility index (Phi) is 6.03. The highest BCUT2D eigenvalue weighted by atomic mass is 16.5. The van der Waals surface area contributed by atoms with Gasteiger partial charge >= 0.3 is 0 Å². The van der Waals surface area contributed by atoms with E-state index in [-0.39, 0.29) is 17.9 Å². The van der Waals surface area contributed by atoms with Gasteiger partial charge in [0.1, 0.15) is 11.5 Å². The van der Waals surface area contributed by atoms with Crippen LogP contribution in [0.5, 0.6) is 11.5 Å². The van der Waals surface area contributed by atoms with Crippen LogP contribution < -0.4 is 14.4 Å². The average molecular weight is 402 g/mol. The van der Waals surface area contributed by atoms with Crippen molar-refractivity contribution in [3.05, 3.63) is 90.0 Å². The van der Waals surface area contributed by atoms with Crippen molar-refractivity contribution >= 4 is 11.6 Å². The summed E-state index contributed by atoms with van der Waals surface area (Å²) < 4.78 is 10.7. The SMILES string of the molecule is COc1ccc(N2C(=O)[C@H](CCCc3ccccc3)[C@@H]2c2cccc(OC)c2)cc1. The van der Waals surface area contributed by atoms with E-state index in [0.717, 1.165) is 42.0 Å². The molecular weight excluding hydrogens is 374 g/mol. The van der Waals surface area contributed by atoms with E-state index in [0.29, 0.717) is 0 Å². The molecule has 2 atom stereocenters. The summed E-state index contributed by atoms with van der Waals surface area (Å²) in [5.74, 6) is 1.75. The highest BCUT2D eigenvalue weighted by Crippen LogP contribution is 2.46. The maximum absolute atomic E-state index is 13.2. The minimum absolute atomic E-state index is 0.0109. The molecule has 1 heterocycles. The third kappa shape index (κ3) is 4.04. The second-order valence-electron chi connectivity index (χ2n) is 7.61. The Bertz CT molecular complexity index is 985. The minimum Gasteiger partial charge on any atom is -0.497 e. The molecule has 0 aromatic heterocycles. The van der Waals surface area contributed by atoms with Gasteiger partial charge in [-0.05, 0) is 66.8 Å². The molecule has 4 nitrogen and oxygen atoms in total. The molecule has 1 fully saturated rings. The smallest absolute Gasteiger partial charge is 0.233 e. The van der Waals surface area contributed by atoms with Crippen LogP contribution in [0.15, 0.2) is 78.9 Å². The molecular formula is C26H27NO3. The van der Waals surface area contributed by atoms with E-state index in [2.05, 4.69) is 30.3 Å². The van der Waals surface area contributed by atoms with Crippen LogP contribution in [0.3, 0.4) is 0 Å². The molecule has 1 aliphatic rings. The fraction of sp³-hybridized carbons (Fsp3) is 0.269. The van der Waals surface area contributed by atoms with Gasteiger partial charge in [0.2, 0.25) is 5.91 Å². The second kappa shape index (κ2) is 9.04. The van der Waals surface area contributed by atoms with E-state index < -0.39 is 0 Å². The number of aryl methyl sites for hydroxylation is 1. The molecule has 0 unspecified atom stereocenters. The van der Waals surface area contributed by atoms with Gasteiger partial charge in [-0.15, -0.1) is 0 Å². The van der Waals surface area contributed by atoms with E-state index in [4.69, 9.17) is 9.47 Å². The molecule has 1 saturated heterocycles. The average Bonchev–Trinajstić information content (AvgIpc) is 2.81. The molecule has 3 aromatic rings. The monoisotopic (exact) mass is 401 g/mol. The zero-order chi connectivity index (χ0) is 20.9. The molecule has 4 rings (SSSR count). The highest BCUT2D eigenvalue weighted by molar-refractivity contribution is 6.03. The van der Waals surface area contributed by atoms with Crippen LogP contribution in [-0.4, -0.2) is 20.1 Å². The van der Waals surface area contributed by atoms with Gasteiger partial charge in [-0.2, -0.15) is 0 Å². The maximum atomic E-state index is 13.2. The predicted octanol–water partition coefficient (Wildman–Crippen LogP) is 5.43. The number of carbonyl (C=O) groups is 1. The van der Waals surface area contributed by atoms with E-state index in [1.807, 2.05) is 53.4 Å². The maximum Gasteiger partial charge on any atom is 0.233 e. The molecule has 154 valence electrons. The zero-order valence-corrected chi connectivity index (χ0v) is 17.5. The number of anilines is 1. The summed E-state index contributed by atoms with van der Waals surface area (Å²) in [6.07, 6.45) is 2.83. The molecule has 0 saturated carbocycles. The van der Waals surface area contributed by atoms with E-state index in [9.17, 15) is 4.79 Å². The predicted molar refractivity (Wildman–Crippen MR) is 119 cm³/mol. The Balaban J connectivity index is 1.56. The molecule has 1 aliphatic heterocycles. The first kappa shape index (κ1) is 20.0. The van der Waals surface area contributed by atoms with Crippen molar-refractivity contribution < 1.29 is 14.3 Å². The summed E-state index contributed by atoms with van der Waals surface area (Å²) in [7, 11) is 3.31. The van der Waals surface area contributed by atoms with Crippen LogP contribution in [0.4, 0.5) is 5.69 Å². The molecule has 0 spiro atoms. The lowest BCUT2D eigenvalue weighted by molar-refractivity contribution is -0.130. The van der Waals surface area contributed by atoms with Crippen LogP contribution in [-0.2, 0) is 11.2 Å². The summed E-state index contributed by atoms with van der Waals surface area (Å²) in [4.78, 5) is 15.1. The van der Waals surface area contributed by atoms with Gasteiger partial charge in [0.25, 0.3) is 0 Å². The van der Waals surface area contributed by atoms with Gasteiger partial charge in [-0.1, -0.05) is 42.5 Å². The van der Waals surface area contributed by atoms with E-state index >= 15 is 0 Å². The molecule has 3 aromatic carbocycles. The second-order valence-corrected chi connectivity index (χ2v) is 7.61.